The van der Waals surface area contributed by atoms with Crippen LogP contribution in [-0.4, -0.2) is 30.1 Å². The number of fused-ring (bicyclic) bond motifs is 3. The lowest BCUT2D eigenvalue weighted by Crippen LogP contribution is -2.95. The minimum atomic E-state index is -1.00. The minimum absolute atomic E-state index is 0.0743. The first-order chi connectivity index (χ1) is 13.1. The third-order valence-electron chi connectivity index (χ3n) is 5.69. The van der Waals surface area contributed by atoms with Crippen LogP contribution in [0.25, 0.3) is 10.9 Å². The number of hydrogen-bond donors (Lipinski definition) is 2. The number of rotatable bonds is 5. The molecule has 0 spiro atoms. The molecule has 2 atom stereocenters. The lowest BCUT2D eigenvalue weighted by Gasteiger charge is -2.29. The van der Waals surface area contributed by atoms with Gasteiger partial charge >= 0.3 is 0 Å². The second-order valence-corrected chi connectivity index (χ2v) is 7.13. The largest absolute Gasteiger partial charge is 0.544 e. The first-order valence-electron chi connectivity index (χ1n) is 9.62. The van der Waals surface area contributed by atoms with Gasteiger partial charge in [-0.1, -0.05) is 30.3 Å². The number of benzene rings is 2. The van der Waals surface area contributed by atoms with E-state index in [0.29, 0.717) is 6.42 Å². The number of H-pyrrole nitrogens is 1. The number of nitrogens with one attached hydrogen (secondary N) is 1. The average molecular weight is 363 g/mol. The summed E-state index contributed by atoms with van der Waals surface area (Å²) in [5.74, 6) is -1.00. The summed E-state index contributed by atoms with van der Waals surface area (Å²) in [6.07, 6.45) is 0.482. The third kappa shape index (κ3) is 3.08. The van der Waals surface area contributed by atoms with Gasteiger partial charge in [0.2, 0.25) is 0 Å². The smallest absolute Gasteiger partial charge is 0.153 e. The number of nitrogens with two attached hydrogens (primary N) is 1. The van der Waals surface area contributed by atoms with Crippen molar-refractivity contribution < 1.29 is 15.2 Å². The van der Waals surface area contributed by atoms with E-state index in [0.717, 1.165) is 40.8 Å². The van der Waals surface area contributed by atoms with Crippen LogP contribution in [0.15, 0.2) is 48.5 Å². The first-order valence-corrected chi connectivity index (χ1v) is 9.62. The van der Waals surface area contributed by atoms with Gasteiger partial charge in [-0.15, -0.1) is 0 Å². The van der Waals surface area contributed by atoms with Crippen LogP contribution in [0.1, 0.15) is 36.7 Å². The molecule has 5 heteroatoms. The van der Waals surface area contributed by atoms with Crippen LogP contribution in [0.2, 0.25) is 0 Å². The van der Waals surface area contributed by atoms with Gasteiger partial charge in [-0.05, 0) is 37.6 Å². The van der Waals surface area contributed by atoms with Crippen molar-refractivity contribution >= 4 is 22.6 Å². The third-order valence-corrected chi connectivity index (χ3v) is 5.69. The molecule has 1 aliphatic heterocycles. The Balaban J connectivity index is 1.77. The van der Waals surface area contributed by atoms with Crippen molar-refractivity contribution in [1.82, 2.24) is 4.98 Å². The van der Waals surface area contributed by atoms with Crippen molar-refractivity contribution in [2.45, 2.75) is 32.4 Å². The van der Waals surface area contributed by atoms with Crippen LogP contribution < -0.4 is 15.3 Å². The van der Waals surface area contributed by atoms with Gasteiger partial charge in [-0.2, -0.15) is 0 Å². The number of quaternary nitrogens is 1. The van der Waals surface area contributed by atoms with E-state index in [1.54, 1.807) is 0 Å². The topological polar surface area (TPSA) is 75.8 Å². The molecule has 140 valence electrons. The number of aromatic nitrogens is 1. The van der Waals surface area contributed by atoms with Crippen molar-refractivity contribution in [3.8, 4) is 0 Å². The SMILES string of the molecule is CCN(CC)c1ccc([C@H]2[NH2+][C@H](C(=O)[O-])Cc3c2[nH]c2ccccc32)cc1. The molecule has 0 saturated carbocycles. The molecule has 0 radical (unpaired) electrons. The second kappa shape index (κ2) is 7.08. The summed E-state index contributed by atoms with van der Waals surface area (Å²) >= 11 is 0. The fourth-order valence-electron chi connectivity index (χ4n) is 4.24. The Morgan fingerprint density at radius 3 is 2.52 bits per heavy atom. The molecule has 2 aromatic carbocycles. The molecule has 4 rings (SSSR count). The van der Waals surface area contributed by atoms with Crippen LogP contribution >= 0.6 is 0 Å². The van der Waals surface area contributed by atoms with Gasteiger partial charge in [-0.25, -0.2) is 0 Å². The zero-order valence-electron chi connectivity index (χ0n) is 15.7. The molecule has 0 amide bonds. The highest BCUT2D eigenvalue weighted by Crippen LogP contribution is 2.32. The van der Waals surface area contributed by atoms with Gasteiger partial charge in [-0.3, -0.25) is 0 Å². The van der Waals surface area contributed by atoms with E-state index in [4.69, 9.17) is 0 Å². The summed E-state index contributed by atoms with van der Waals surface area (Å²) in [7, 11) is 0. The molecule has 27 heavy (non-hydrogen) atoms. The van der Waals surface area contributed by atoms with Crippen molar-refractivity contribution in [2.24, 2.45) is 0 Å². The fourth-order valence-corrected chi connectivity index (χ4v) is 4.24. The van der Waals surface area contributed by atoms with Gasteiger partial charge in [0.15, 0.2) is 6.04 Å². The van der Waals surface area contributed by atoms with Crippen molar-refractivity contribution in [3.05, 3.63) is 65.4 Å². The minimum Gasteiger partial charge on any atom is -0.544 e. The lowest BCUT2D eigenvalue weighted by molar-refractivity contribution is -0.717. The average Bonchev–Trinajstić information content (AvgIpc) is 3.07. The van der Waals surface area contributed by atoms with Crippen LogP contribution in [-0.2, 0) is 11.2 Å². The second-order valence-electron chi connectivity index (χ2n) is 7.13. The maximum absolute atomic E-state index is 11.7. The highest BCUT2D eigenvalue weighted by Gasteiger charge is 2.34. The summed E-state index contributed by atoms with van der Waals surface area (Å²) in [4.78, 5) is 17.5. The zero-order chi connectivity index (χ0) is 19.0. The Labute approximate surface area is 159 Å². The summed E-state index contributed by atoms with van der Waals surface area (Å²) < 4.78 is 0. The Morgan fingerprint density at radius 1 is 1.15 bits per heavy atom. The maximum atomic E-state index is 11.7. The molecule has 0 fully saturated rings. The van der Waals surface area contributed by atoms with E-state index >= 15 is 0 Å². The normalized spacial score (nSPS) is 19.0. The summed E-state index contributed by atoms with van der Waals surface area (Å²) in [5, 5.41) is 14.7. The van der Waals surface area contributed by atoms with Crippen LogP contribution in [0.4, 0.5) is 5.69 Å². The van der Waals surface area contributed by atoms with E-state index in [1.165, 1.54) is 5.69 Å². The molecule has 3 aromatic rings. The Bertz CT molecular complexity index is 957. The monoisotopic (exact) mass is 363 g/mol. The summed E-state index contributed by atoms with van der Waals surface area (Å²) in [6.45, 7) is 6.22. The van der Waals surface area contributed by atoms with Gasteiger partial charge < -0.3 is 25.1 Å². The molecule has 2 heterocycles. The van der Waals surface area contributed by atoms with Gasteiger partial charge in [0, 0.05) is 41.7 Å². The van der Waals surface area contributed by atoms with E-state index in [9.17, 15) is 9.90 Å². The molecule has 1 aromatic heterocycles. The molecule has 0 aliphatic carbocycles. The standard InChI is InChI=1S/C22H25N3O2/c1-3-25(4-2)15-11-9-14(10-12-15)20-21-17(13-19(24-20)22(26)27)16-7-5-6-8-18(16)23-21/h5-12,19-20,23-24H,3-4,13H2,1-2H3,(H,26,27)/t19-,20+/m0/s1. The van der Waals surface area contributed by atoms with Crippen molar-refractivity contribution in [3.63, 3.8) is 0 Å². The zero-order valence-corrected chi connectivity index (χ0v) is 15.7. The van der Waals surface area contributed by atoms with Crippen molar-refractivity contribution in [1.29, 1.82) is 0 Å². The van der Waals surface area contributed by atoms with Gasteiger partial charge in [0.25, 0.3) is 0 Å². The number of carboxylic acids is 1. The van der Waals surface area contributed by atoms with Gasteiger partial charge in [0.1, 0.15) is 6.04 Å². The molecule has 3 N–H and O–H groups in total. The Morgan fingerprint density at radius 2 is 1.85 bits per heavy atom. The summed E-state index contributed by atoms with van der Waals surface area (Å²) in [5.41, 5.74) is 5.54. The fraction of sp³-hybridized carbons (Fsp3) is 0.318. The lowest BCUT2D eigenvalue weighted by atomic mass is 9.90. The number of carbonyl (C=O) groups excluding carboxylic acids is 1. The predicted molar refractivity (Wildman–Crippen MR) is 105 cm³/mol. The van der Waals surface area contributed by atoms with Crippen LogP contribution in [0.5, 0.6) is 0 Å². The molecular weight excluding hydrogens is 338 g/mol. The highest BCUT2D eigenvalue weighted by molar-refractivity contribution is 5.86. The molecule has 5 nitrogen and oxygen atoms in total. The predicted octanol–water partition coefficient (Wildman–Crippen LogP) is 1.34. The van der Waals surface area contributed by atoms with E-state index in [2.05, 4.69) is 54.1 Å². The number of nitrogens with zero attached hydrogens (tertiary/aromatic N) is 1. The molecule has 0 bridgehead atoms. The molecule has 0 unspecified atom stereocenters. The molecule has 1 aliphatic rings. The highest BCUT2D eigenvalue weighted by atomic mass is 16.4. The van der Waals surface area contributed by atoms with Crippen molar-refractivity contribution in [2.75, 3.05) is 18.0 Å². The van der Waals surface area contributed by atoms with E-state index in [-0.39, 0.29) is 6.04 Å². The van der Waals surface area contributed by atoms with Gasteiger partial charge in [0.05, 0.1) is 11.7 Å². The first kappa shape index (κ1) is 17.6. The number of aromatic amines is 1. The number of carbonyl (C=O) groups is 1. The number of hydrogen-bond acceptors (Lipinski definition) is 3. The molecular formula is C22H25N3O2. The number of para-hydroxylation sites is 1. The number of aliphatic carboxylic acids is 1. The van der Waals surface area contributed by atoms with E-state index in [1.807, 2.05) is 23.5 Å². The number of carboxylic acid groups (broad SMARTS) is 1. The van der Waals surface area contributed by atoms with Crippen LogP contribution in [0.3, 0.4) is 0 Å². The van der Waals surface area contributed by atoms with Crippen LogP contribution in [0, 0.1) is 0 Å². The summed E-state index contributed by atoms with van der Waals surface area (Å²) in [6, 6.07) is 15.9. The molecule has 0 saturated heterocycles. The number of anilines is 1. The van der Waals surface area contributed by atoms with E-state index < -0.39 is 12.0 Å². The maximum Gasteiger partial charge on any atom is 0.153 e. The Hall–Kier alpha value is -2.79. The Kier molecular flexibility index (Phi) is 4.62. The quantitative estimate of drug-likeness (QED) is 0.718.